The second-order valence-electron chi connectivity index (χ2n) is 3.51. The van der Waals surface area contributed by atoms with E-state index >= 15 is 0 Å². The number of halogens is 2. The van der Waals surface area contributed by atoms with Crippen LogP contribution in [0.2, 0.25) is 10.0 Å². The van der Waals surface area contributed by atoms with Crippen LogP contribution in [0.25, 0.3) is 0 Å². The Morgan fingerprint density at radius 2 is 2.18 bits per heavy atom. The number of hydrogen-bond acceptors (Lipinski definition) is 3. The first-order chi connectivity index (χ1) is 8.04. The Kier molecular flexibility index (Phi) is 6.12. The maximum Gasteiger partial charge on any atom is 0.241 e. The predicted molar refractivity (Wildman–Crippen MR) is 76.1 cm³/mol. The molecule has 0 spiro atoms. The van der Waals surface area contributed by atoms with Crippen molar-refractivity contribution in [2.24, 2.45) is 5.73 Å². The van der Waals surface area contributed by atoms with Crippen molar-refractivity contribution in [1.29, 1.82) is 0 Å². The van der Waals surface area contributed by atoms with Gasteiger partial charge in [-0.3, -0.25) is 4.79 Å². The minimum absolute atomic E-state index is 0.211. The van der Waals surface area contributed by atoms with Crippen molar-refractivity contribution in [3.8, 4) is 0 Å². The molecule has 0 saturated carbocycles. The first-order valence-corrected chi connectivity index (χ1v) is 7.20. The van der Waals surface area contributed by atoms with Crippen molar-refractivity contribution in [1.82, 2.24) is 0 Å². The summed E-state index contributed by atoms with van der Waals surface area (Å²) in [5.41, 5.74) is 6.34. The lowest BCUT2D eigenvalue weighted by Gasteiger charge is -2.12. The largest absolute Gasteiger partial charge is 0.325 e. The zero-order chi connectivity index (χ0) is 12.8. The number of nitrogens with two attached hydrogens (primary N) is 1. The molecule has 0 aliphatic rings. The van der Waals surface area contributed by atoms with Crippen LogP contribution in [0.4, 0.5) is 5.69 Å². The minimum Gasteiger partial charge on any atom is -0.325 e. The summed E-state index contributed by atoms with van der Waals surface area (Å²) in [5.74, 6) is 0.646. The summed E-state index contributed by atoms with van der Waals surface area (Å²) in [6.45, 7) is 0. The molecule has 0 aromatic heterocycles. The second-order valence-corrected chi connectivity index (χ2v) is 5.31. The molecule has 17 heavy (non-hydrogen) atoms. The van der Waals surface area contributed by atoms with Crippen molar-refractivity contribution in [3.63, 3.8) is 0 Å². The number of amides is 1. The van der Waals surface area contributed by atoms with Gasteiger partial charge in [0.15, 0.2) is 0 Å². The third kappa shape index (κ3) is 4.76. The Morgan fingerprint density at radius 3 is 2.76 bits per heavy atom. The number of nitrogens with one attached hydrogen (secondary N) is 1. The van der Waals surface area contributed by atoms with Crippen molar-refractivity contribution >= 4 is 46.6 Å². The van der Waals surface area contributed by atoms with Crippen molar-refractivity contribution in [2.45, 2.75) is 12.5 Å². The molecular formula is C11H14Cl2N2OS. The maximum atomic E-state index is 11.7. The lowest BCUT2D eigenvalue weighted by atomic mass is 10.2. The van der Waals surface area contributed by atoms with Crippen LogP contribution in [-0.4, -0.2) is 24.0 Å². The van der Waals surface area contributed by atoms with E-state index in [1.54, 1.807) is 30.0 Å². The summed E-state index contributed by atoms with van der Waals surface area (Å²) in [7, 11) is 0. The predicted octanol–water partition coefficient (Wildman–Crippen LogP) is 3.01. The summed E-state index contributed by atoms with van der Waals surface area (Å²) in [4.78, 5) is 11.7. The molecule has 0 fully saturated rings. The minimum atomic E-state index is -0.503. The lowest BCUT2D eigenvalue weighted by molar-refractivity contribution is -0.117. The standard InChI is InChI=1S/C11H14Cl2N2OS/c1-17-5-4-10(14)11(16)15-7-2-3-8(12)9(13)6-7/h2-3,6,10H,4-5,14H2,1H3,(H,15,16)/t10-/m1/s1. The Hall–Kier alpha value is -0.420. The molecular weight excluding hydrogens is 279 g/mol. The highest BCUT2D eigenvalue weighted by Gasteiger charge is 2.13. The highest BCUT2D eigenvalue weighted by Crippen LogP contribution is 2.25. The highest BCUT2D eigenvalue weighted by molar-refractivity contribution is 7.98. The highest BCUT2D eigenvalue weighted by atomic mass is 35.5. The number of rotatable bonds is 5. The van der Waals surface area contributed by atoms with Gasteiger partial charge in [-0.1, -0.05) is 23.2 Å². The van der Waals surface area contributed by atoms with Crippen molar-refractivity contribution in [3.05, 3.63) is 28.2 Å². The Bertz CT molecular complexity index is 401. The van der Waals surface area contributed by atoms with E-state index in [1.165, 1.54) is 0 Å². The number of benzene rings is 1. The zero-order valence-electron chi connectivity index (χ0n) is 9.37. The molecule has 0 aliphatic carbocycles. The van der Waals surface area contributed by atoms with Gasteiger partial charge in [0, 0.05) is 5.69 Å². The Labute approximate surface area is 115 Å². The Balaban J connectivity index is 2.58. The van der Waals surface area contributed by atoms with Gasteiger partial charge in [-0.25, -0.2) is 0 Å². The van der Waals surface area contributed by atoms with E-state index < -0.39 is 6.04 Å². The van der Waals surface area contributed by atoms with Crippen LogP contribution in [0.5, 0.6) is 0 Å². The second kappa shape index (κ2) is 7.11. The van der Waals surface area contributed by atoms with Gasteiger partial charge in [0.1, 0.15) is 0 Å². The van der Waals surface area contributed by atoms with E-state index in [1.807, 2.05) is 6.26 Å². The van der Waals surface area contributed by atoms with E-state index in [0.29, 0.717) is 22.2 Å². The fourth-order valence-electron chi connectivity index (χ4n) is 1.18. The number of carbonyl (C=O) groups excluding carboxylic acids is 1. The molecule has 0 heterocycles. The molecule has 3 nitrogen and oxygen atoms in total. The molecule has 94 valence electrons. The Morgan fingerprint density at radius 1 is 1.47 bits per heavy atom. The number of carbonyl (C=O) groups is 1. The first kappa shape index (κ1) is 14.6. The van der Waals surface area contributed by atoms with E-state index in [9.17, 15) is 4.79 Å². The van der Waals surface area contributed by atoms with E-state index in [4.69, 9.17) is 28.9 Å². The van der Waals surface area contributed by atoms with Gasteiger partial charge in [-0.05, 0) is 36.6 Å². The van der Waals surface area contributed by atoms with Crippen molar-refractivity contribution < 1.29 is 4.79 Å². The molecule has 0 aliphatic heterocycles. The molecule has 1 aromatic rings. The van der Waals surface area contributed by atoms with Gasteiger partial charge in [0.05, 0.1) is 16.1 Å². The fraction of sp³-hybridized carbons (Fsp3) is 0.364. The summed E-state index contributed by atoms with van der Waals surface area (Å²) in [6, 6.07) is 4.42. The fourth-order valence-corrected chi connectivity index (χ4v) is 1.97. The average Bonchev–Trinajstić information content (AvgIpc) is 2.30. The average molecular weight is 293 g/mol. The van der Waals surface area contributed by atoms with Crippen LogP contribution in [0, 0.1) is 0 Å². The molecule has 0 radical (unpaired) electrons. The normalized spacial score (nSPS) is 12.2. The molecule has 1 amide bonds. The van der Waals surface area contributed by atoms with Crippen LogP contribution < -0.4 is 11.1 Å². The third-order valence-electron chi connectivity index (χ3n) is 2.16. The van der Waals surface area contributed by atoms with Gasteiger partial charge in [0.2, 0.25) is 5.91 Å². The molecule has 6 heteroatoms. The van der Waals surface area contributed by atoms with Gasteiger partial charge >= 0.3 is 0 Å². The SMILES string of the molecule is CSCC[C@@H](N)C(=O)Nc1ccc(Cl)c(Cl)c1. The lowest BCUT2D eigenvalue weighted by Crippen LogP contribution is -2.36. The van der Waals surface area contributed by atoms with E-state index in [0.717, 1.165) is 5.75 Å². The van der Waals surface area contributed by atoms with Gasteiger partial charge in [-0.2, -0.15) is 11.8 Å². The molecule has 1 rings (SSSR count). The molecule has 1 aromatic carbocycles. The molecule has 0 unspecified atom stereocenters. The van der Waals surface area contributed by atoms with Crippen LogP contribution in [0.3, 0.4) is 0 Å². The van der Waals surface area contributed by atoms with Crippen LogP contribution in [0.15, 0.2) is 18.2 Å². The van der Waals surface area contributed by atoms with Gasteiger partial charge < -0.3 is 11.1 Å². The van der Waals surface area contributed by atoms with E-state index in [2.05, 4.69) is 5.32 Å². The first-order valence-electron chi connectivity index (χ1n) is 5.05. The van der Waals surface area contributed by atoms with Crippen LogP contribution in [0.1, 0.15) is 6.42 Å². The van der Waals surface area contributed by atoms with Crippen LogP contribution in [-0.2, 0) is 4.79 Å². The summed E-state index contributed by atoms with van der Waals surface area (Å²) in [6.07, 6.45) is 2.62. The molecule has 3 N–H and O–H groups in total. The van der Waals surface area contributed by atoms with Crippen LogP contribution >= 0.6 is 35.0 Å². The maximum absolute atomic E-state index is 11.7. The molecule has 0 bridgehead atoms. The summed E-state index contributed by atoms with van der Waals surface area (Å²) in [5, 5.41) is 3.56. The van der Waals surface area contributed by atoms with Gasteiger partial charge in [0.25, 0.3) is 0 Å². The monoisotopic (exact) mass is 292 g/mol. The van der Waals surface area contributed by atoms with Crippen molar-refractivity contribution in [2.75, 3.05) is 17.3 Å². The topological polar surface area (TPSA) is 55.1 Å². The number of anilines is 1. The number of hydrogen-bond donors (Lipinski definition) is 2. The smallest absolute Gasteiger partial charge is 0.241 e. The van der Waals surface area contributed by atoms with Gasteiger partial charge in [-0.15, -0.1) is 0 Å². The zero-order valence-corrected chi connectivity index (χ0v) is 11.7. The molecule has 1 atom stereocenters. The third-order valence-corrected chi connectivity index (χ3v) is 3.54. The molecule has 0 saturated heterocycles. The summed E-state index contributed by atoms with van der Waals surface area (Å²) >= 11 is 13.3. The quantitative estimate of drug-likeness (QED) is 0.877. The summed E-state index contributed by atoms with van der Waals surface area (Å²) < 4.78 is 0. The van der Waals surface area contributed by atoms with E-state index in [-0.39, 0.29) is 5.91 Å². The number of thioether (sulfide) groups is 1.